The minimum atomic E-state index is -1.05. The fourth-order valence-corrected chi connectivity index (χ4v) is 3.33. The van der Waals surface area contributed by atoms with Crippen molar-refractivity contribution in [2.24, 2.45) is 5.73 Å². The van der Waals surface area contributed by atoms with Crippen molar-refractivity contribution in [2.45, 2.75) is 12.5 Å². The highest BCUT2D eigenvalue weighted by Crippen LogP contribution is 2.31. The fourth-order valence-electron chi connectivity index (χ4n) is 2.66. The number of carbonyl (C=O) groups is 3. The Morgan fingerprint density at radius 1 is 1.43 bits per heavy atom. The van der Waals surface area contributed by atoms with E-state index in [1.807, 2.05) is 0 Å². The predicted molar refractivity (Wildman–Crippen MR) is 87.3 cm³/mol. The number of carbonyl (C=O) groups excluding carboxylic acids is 2. The normalized spacial score (nSPS) is 22.7. The van der Waals surface area contributed by atoms with Gasteiger partial charge in [-0.05, 0) is 48.0 Å². The number of nitrogens with two attached hydrogens (primary N) is 1. The Kier molecular flexibility index (Phi) is 4.10. The molecule has 2 aliphatic rings. The minimum Gasteiger partial charge on any atom is -0.478 e. The molecule has 2 fully saturated rings. The number of amides is 2. The van der Waals surface area contributed by atoms with E-state index < -0.39 is 17.1 Å². The highest BCUT2D eigenvalue weighted by molar-refractivity contribution is 8.18. The zero-order valence-corrected chi connectivity index (χ0v) is 12.9. The van der Waals surface area contributed by atoms with Crippen LogP contribution in [0.25, 0.3) is 6.08 Å². The summed E-state index contributed by atoms with van der Waals surface area (Å²) in [6.07, 6.45) is 2.40. The van der Waals surface area contributed by atoms with Crippen molar-refractivity contribution in [3.05, 3.63) is 34.2 Å². The third kappa shape index (κ3) is 3.22. The van der Waals surface area contributed by atoms with Gasteiger partial charge in [-0.3, -0.25) is 14.9 Å². The van der Waals surface area contributed by atoms with Crippen LogP contribution in [0.4, 0.5) is 10.5 Å². The Labute approximate surface area is 136 Å². The number of carboxylic acid groups (broad SMARTS) is 1. The van der Waals surface area contributed by atoms with Gasteiger partial charge in [0.15, 0.2) is 0 Å². The average molecular weight is 333 g/mol. The zero-order chi connectivity index (χ0) is 16.6. The van der Waals surface area contributed by atoms with E-state index in [0.717, 1.165) is 30.4 Å². The summed E-state index contributed by atoms with van der Waals surface area (Å²) in [5.41, 5.74) is 7.45. The summed E-state index contributed by atoms with van der Waals surface area (Å²) in [4.78, 5) is 36.5. The van der Waals surface area contributed by atoms with Gasteiger partial charge >= 0.3 is 5.97 Å². The van der Waals surface area contributed by atoms with Crippen LogP contribution < -0.4 is 16.0 Å². The van der Waals surface area contributed by atoms with Gasteiger partial charge in [0.2, 0.25) is 0 Å². The Morgan fingerprint density at radius 3 is 2.78 bits per heavy atom. The van der Waals surface area contributed by atoms with Gasteiger partial charge < -0.3 is 15.7 Å². The standard InChI is InChI=1S/C15H15N3O4S/c16-10-3-4-18(7-10)11-2-1-8(14(20)21)5-9(11)6-12-13(19)17-15(22)23-12/h1-2,5-6,10H,3-4,7,16H2,(H,20,21)(H,17,19,22)/t10-/m0/s1. The van der Waals surface area contributed by atoms with Gasteiger partial charge in [0, 0.05) is 24.8 Å². The molecule has 3 rings (SSSR count). The molecule has 0 spiro atoms. The quantitative estimate of drug-likeness (QED) is 0.713. The molecule has 8 heteroatoms. The molecule has 120 valence electrons. The summed E-state index contributed by atoms with van der Waals surface area (Å²) in [5.74, 6) is -1.52. The van der Waals surface area contributed by atoms with Crippen LogP contribution in [0.5, 0.6) is 0 Å². The second-order valence-corrected chi connectivity index (χ2v) is 6.44. The molecular weight excluding hydrogens is 318 g/mol. The second-order valence-electron chi connectivity index (χ2n) is 5.43. The molecular formula is C15H15N3O4S. The molecule has 2 saturated heterocycles. The van der Waals surface area contributed by atoms with Crippen molar-refractivity contribution < 1.29 is 19.5 Å². The van der Waals surface area contributed by atoms with Crippen LogP contribution >= 0.6 is 11.8 Å². The summed E-state index contributed by atoms with van der Waals surface area (Å²) >= 11 is 0.805. The third-order valence-corrected chi connectivity index (χ3v) is 4.58. The molecule has 2 heterocycles. The molecule has 0 aliphatic carbocycles. The molecule has 1 aromatic rings. The van der Waals surface area contributed by atoms with Gasteiger partial charge in [-0.25, -0.2) is 4.79 Å². The SMILES string of the molecule is N[C@H]1CCN(c2ccc(C(=O)O)cc2C=C2SC(=O)NC2=O)C1. The molecule has 1 aromatic carbocycles. The molecule has 0 unspecified atom stereocenters. The molecule has 0 bridgehead atoms. The van der Waals surface area contributed by atoms with Crippen molar-refractivity contribution in [3.63, 3.8) is 0 Å². The van der Waals surface area contributed by atoms with Crippen molar-refractivity contribution in [1.29, 1.82) is 0 Å². The lowest BCUT2D eigenvalue weighted by molar-refractivity contribution is -0.115. The Bertz CT molecular complexity index is 731. The molecule has 1 atom stereocenters. The lowest BCUT2D eigenvalue weighted by Crippen LogP contribution is -2.26. The summed E-state index contributed by atoms with van der Waals surface area (Å²) in [5, 5.41) is 10.9. The number of nitrogens with zero attached hydrogens (tertiary/aromatic N) is 1. The lowest BCUT2D eigenvalue weighted by Gasteiger charge is -2.21. The number of imide groups is 1. The minimum absolute atomic E-state index is 0.0698. The third-order valence-electron chi connectivity index (χ3n) is 3.77. The number of rotatable bonds is 3. The smallest absolute Gasteiger partial charge is 0.335 e. The summed E-state index contributed by atoms with van der Waals surface area (Å²) in [6.45, 7) is 1.43. The van der Waals surface area contributed by atoms with Crippen LogP contribution in [0.3, 0.4) is 0 Å². The van der Waals surface area contributed by atoms with E-state index in [0.29, 0.717) is 12.1 Å². The number of hydrogen-bond donors (Lipinski definition) is 3. The topological polar surface area (TPSA) is 113 Å². The van der Waals surface area contributed by atoms with E-state index in [9.17, 15) is 14.4 Å². The van der Waals surface area contributed by atoms with E-state index in [4.69, 9.17) is 10.8 Å². The molecule has 23 heavy (non-hydrogen) atoms. The number of benzene rings is 1. The zero-order valence-electron chi connectivity index (χ0n) is 12.1. The molecule has 0 aromatic heterocycles. The first-order valence-corrected chi connectivity index (χ1v) is 7.88. The van der Waals surface area contributed by atoms with Crippen LogP contribution in [0, 0.1) is 0 Å². The van der Waals surface area contributed by atoms with Crippen molar-refractivity contribution in [1.82, 2.24) is 5.32 Å². The van der Waals surface area contributed by atoms with Gasteiger partial charge in [-0.15, -0.1) is 0 Å². The monoisotopic (exact) mass is 333 g/mol. The van der Waals surface area contributed by atoms with Crippen LogP contribution in [0.2, 0.25) is 0 Å². The van der Waals surface area contributed by atoms with Crippen molar-refractivity contribution >= 4 is 40.6 Å². The summed E-state index contributed by atoms with van der Waals surface area (Å²) in [6, 6.07) is 4.81. The van der Waals surface area contributed by atoms with Crippen molar-refractivity contribution in [3.8, 4) is 0 Å². The maximum atomic E-state index is 11.7. The van der Waals surface area contributed by atoms with Crippen LogP contribution in [-0.2, 0) is 4.79 Å². The second kappa shape index (κ2) is 6.05. The summed E-state index contributed by atoms with van der Waals surface area (Å²) in [7, 11) is 0. The number of aromatic carboxylic acids is 1. The first-order chi connectivity index (χ1) is 10.9. The van der Waals surface area contributed by atoms with Crippen LogP contribution in [-0.4, -0.2) is 41.4 Å². The number of hydrogen-bond acceptors (Lipinski definition) is 6. The maximum Gasteiger partial charge on any atom is 0.335 e. The Morgan fingerprint density at radius 2 is 2.22 bits per heavy atom. The van der Waals surface area contributed by atoms with E-state index >= 15 is 0 Å². The number of carboxylic acids is 1. The molecule has 4 N–H and O–H groups in total. The first-order valence-electron chi connectivity index (χ1n) is 7.07. The molecule has 7 nitrogen and oxygen atoms in total. The Hall–Kier alpha value is -2.32. The van der Waals surface area contributed by atoms with Gasteiger partial charge in [-0.1, -0.05) is 0 Å². The van der Waals surface area contributed by atoms with Gasteiger partial charge in [0.1, 0.15) is 0 Å². The van der Waals surface area contributed by atoms with Gasteiger partial charge in [-0.2, -0.15) is 0 Å². The van der Waals surface area contributed by atoms with Crippen LogP contribution in [0.15, 0.2) is 23.1 Å². The van der Waals surface area contributed by atoms with Gasteiger partial charge in [0.25, 0.3) is 11.1 Å². The molecule has 2 aliphatic heterocycles. The van der Waals surface area contributed by atoms with E-state index in [1.54, 1.807) is 12.1 Å². The van der Waals surface area contributed by atoms with Gasteiger partial charge in [0.05, 0.1) is 10.5 Å². The molecule has 2 amide bonds. The maximum absolute atomic E-state index is 11.7. The first kappa shape index (κ1) is 15.6. The fraction of sp³-hybridized carbons (Fsp3) is 0.267. The average Bonchev–Trinajstić information content (AvgIpc) is 3.05. The van der Waals surface area contributed by atoms with E-state index in [2.05, 4.69) is 10.2 Å². The Balaban J connectivity index is 2.03. The number of anilines is 1. The van der Waals surface area contributed by atoms with E-state index in [-0.39, 0.29) is 16.5 Å². The highest BCUT2D eigenvalue weighted by Gasteiger charge is 2.27. The largest absolute Gasteiger partial charge is 0.478 e. The lowest BCUT2D eigenvalue weighted by atomic mass is 10.1. The highest BCUT2D eigenvalue weighted by atomic mass is 32.2. The van der Waals surface area contributed by atoms with Crippen LogP contribution in [0.1, 0.15) is 22.3 Å². The number of nitrogens with one attached hydrogen (secondary N) is 1. The summed E-state index contributed by atoms with van der Waals surface area (Å²) < 4.78 is 0. The van der Waals surface area contributed by atoms with Crippen molar-refractivity contribution in [2.75, 3.05) is 18.0 Å². The predicted octanol–water partition coefficient (Wildman–Crippen LogP) is 1.25. The van der Waals surface area contributed by atoms with E-state index in [1.165, 1.54) is 12.1 Å². The molecule has 0 saturated carbocycles. The number of thioether (sulfide) groups is 1. The molecule has 0 radical (unpaired) electrons.